The summed E-state index contributed by atoms with van der Waals surface area (Å²) < 4.78 is 61.4. The number of ether oxygens (including phenoxy) is 2. The number of hydrogen-bond donors (Lipinski definition) is 2. The molecule has 2 aromatic rings. The first-order chi connectivity index (χ1) is 11.9. The summed E-state index contributed by atoms with van der Waals surface area (Å²) in [5.41, 5.74) is 1.90. The van der Waals surface area contributed by atoms with Gasteiger partial charge in [0.05, 0.1) is 0 Å². The molecule has 1 heterocycles. The van der Waals surface area contributed by atoms with Gasteiger partial charge in [-0.3, -0.25) is 10.2 Å². The smallest absolute Gasteiger partial charge is 0.279 e. The number of para-hydroxylation sites is 2. The zero-order valence-corrected chi connectivity index (χ0v) is 13.3. The average Bonchev–Trinajstić information content (AvgIpc) is 2.61. The van der Waals surface area contributed by atoms with Crippen molar-refractivity contribution in [1.82, 2.24) is 10.3 Å². The molecular formula is C15H12F2N2O5S. The minimum absolute atomic E-state index is 0.140. The summed E-state index contributed by atoms with van der Waals surface area (Å²) in [5.74, 6) is -2.17. The molecule has 1 amide bonds. The van der Waals surface area contributed by atoms with E-state index in [1.165, 1.54) is 0 Å². The highest BCUT2D eigenvalue weighted by Gasteiger charge is 2.29. The Labute approximate surface area is 141 Å². The number of halogens is 2. The minimum atomic E-state index is -4.50. The molecule has 0 spiro atoms. The second-order valence-electron chi connectivity index (χ2n) is 5.03. The van der Waals surface area contributed by atoms with Crippen molar-refractivity contribution in [3.63, 3.8) is 0 Å². The SMILES string of the molecule is O=C(NNS(=O)(=O)c1cc(F)ccc1F)[C@@H]1COc2ccccc2O1. The monoisotopic (exact) mass is 370 g/mol. The van der Waals surface area contributed by atoms with Gasteiger partial charge in [0.15, 0.2) is 11.5 Å². The standard InChI is InChI=1S/C15H12F2N2O5S/c16-9-5-6-10(17)14(7-9)25(21,22)19-18-15(20)13-8-23-11-3-1-2-4-12(11)24-13/h1-7,13,19H,8H2,(H,18,20)/t13-/m0/s1. The van der Waals surface area contributed by atoms with Gasteiger partial charge < -0.3 is 9.47 Å². The number of nitrogens with one attached hydrogen (secondary N) is 2. The van der Waals surface area contributed by atoms with Crippen LogP contribution in [-0.2, 0) is 14.8 Å². The number of sulfonamides is 1. The zero-order valence-electron chi connectivity index (χ0n) is 12.5. The molecule has 10 heteroatoms. The van der Waals surface area contributed by atoms with E-state index in [-0.39, 0.29) is 6.61 Å². The van der Waals surface area contributed by atoms with Gasteiger partial charge in [-0.25, -0.2) is 17.2 Å². The second-order valence-corrected chi connectivity index (χ2v) is 6.68. The maximum atomic E-state index is 13.6. The Bertz CT molecular complexity index is 920. The third-order valence-corrected chi connectivity index (χ3v) is 4.56. The first kappa shape index (κ1) is 17.1. The highest BCUT2D eigenvalue weighted by molar-refractivity contribution is 7.89. The Morgan fingerprint density at radius 1 is 1.12 bits per heavy atom. The van der Waals surface area contributed by atoms with E-state index in [9.17, 15) is 22.0 Å². The van der Waals surface area contributed by atoms with Crippen LogP contribution in [0, 0.1) is 11.6 Å². The molecule has 1 atom stereocenters. The number of fused-ring (bicyclic) bond motifs is 1. The summed E-state index contributed by atoms with van der Waals surface area (Å²) >= 11 is 0. The van der Waals surface area contributed by atoms with E-state index >= 15 is 0 Å². The molecule has 1 aliphatic rings. The Kier molecular flexibility index (Phi) is 4.55. The van der Waals surface area contributed by atoms with Gasteiger partial charge >= 0.3 is 0 Å². The molecule has 0 unspecified atom stereocenters. The lowest BCUT2D eigenvalue weighted by Crippen LogP contribution is -2.50. The molecule has 2 aromatic carbocycles. The van der Waals surface area contributed by atoms with Crippen LogP contribution in [0.1, 0.15) is 0 Å². The van der Waals surface area contributed by atoms with Crippen molar-refractivity contribution in [2.24, 2.45) is 0 Å². The van der Waals surface area contributed by atoms with Crippen molar-refractivity contribution < 1.29 is 31.5 Å². The molecule has 0 aromatic heterocycles. The summed E-state index contributed by atoms with van der Waals surface area (Å²) in [6.45, 7) is -0.140. The van der Waals surface area contributed by atoms with E-state index in [1.54, 1.807) is 29.1 Å². The Balaban J connectivity index is 1.67. The predicted molar refractivity (Wildman–Crippen MR) is 81.2 cm³/mol. The molecular weight excluding hydrogens is 358 g/mol. The Morgan fingerprint density at radius 2 is 1.84 bits per heavy atom. The van der Waals surface area contributed by atoms with Crippen LogP contribution in [0.4, 0.5) is 8.78 Å². The van der Waals surface area contributed by atoms with Crippen LogP contribution < -0.4 is 19.7 Å². The molecule has 0 bridgehead atoms. The quantitative estimate of drug-likeness (QED) is 0.787. The van der Waals surface area contributed by atoms with Crippen LogP contribution in [0.5, 0.6) is 11.5 Å². The van der Waals surface area contributed by atoms with Crippen LogP contribution in [0.2, 0.25) is 0 Å². The van der Waals surface area contributed by atoms with Gasteiger partial charge in [0, 0.05) is 0 Å². The number of hydrazine groups is 1. The molecule has 2 N–H and O–H groups in total. The summed E-state index contributed by atoms with van der Waals surface area (Å²) in [5, 5.41) is 0. The molecule has 1 aliphatic heterocycles. The highest BCUT2D eigenvalue weighted by atomic mass is 32.2. The third-order valence-electron chi connectivity index (χ3n) is 3.29. The lowest BCUT2D eigenvalue weighted by Gasteiger charge is -2.25. The number of amides is 1. The first-order valence-electron chi connectivity index (χ1n) is 7.02. The fourth-order valence-electron chi connectivity index (χ4n) is 2.08. The molecule has 0 saturated carbocycles. The second kappa shape index (κ2) is 6.65. The molecule has 25 heavy (non-hydrogen) atoms. The number of rotatable bonds is 4. The normalized spacial score (nSPS) is 16.3. The summed E-state index contributed by atoms with van der Waals surface area (Å²) in [4.78, 5) is 12.8. The topological polar surface area (TPSA) is 93.7 Å². The maximum absolute atomic E-state index is 13.6. The molecule has 0 radical (unpaired) electrons. The van der Waals surface area contributed by atoms with E-state index in [4.69, 9.17) is 9.47 Å². The number of carbonyl (C=O) groups excluding carboxylic acids is 1. The van der Waals surface area contributed by atoms with Crippen molar-refractivity contribution in [2.75, 3.05) is 6.61 Å². The predicted octanol–water partition coefficient (Wildman–Crippen LogP) is 1.11. The molecule has 0 aliphatic carbocycles. The minimum Gasteiger partial charge on any atom is -0.485 e. The third kappa shape index (κ3) is 3.69. The Hall–Kier alpha value is -2.72. The van der Waals surface area contributed by atoms with Crippen molar-refractivity contribution in [1.29, 1.82) is 0 Å². The van der Waals surface area contributed by atoms with Gasteiger partial charge in [0.25, 0.3) is 15.9 Å². The summed E-state index contributed by atoms with van der Waals surface area (Å²) in [6, 6.07) is 8.58. The van der Waals surface area contributed by atoms with Gasteiger partial charge in [-0.2, -0.15) is 0 Å². The van der Waals surface area contributed by atoms with Gasteiger partial charge in [-0.1, -0.05) is 12.1 Å². The van der Waals surface area contributed by atoms with Gasteiger partial charge in [0.2, 0.25) is 6.10 Å². The van der Waals surface area contributed by atoms with Crippen molar-refractivity contribution in [2.45, 2.75) is 11.0 Å². The van der Waals surface area contributed by atoms with Crippen LogP contribution in [0.3, 0.4) is 0 Å². The number of hydrogen-bond acceptors (Lipinski definition) is 5. The van der Waals surface area contributed by atoms with Crippen LogP contribution >= 0.6 is 0 Å². The molecule has 0 fully saturated rings. The zero-order chi connectivity index (χ0) is 18.0. The van der Waals surface area contributed by atoms with Gasteiger partial charge in [-0.15, -0.1) is 4.83 Å². The number of carbonyl (C=O) groups is 1. The summed E-state index contributed by atoms with van der Waals surface area (Å²) in [6.07, 6.45) is -1.12. The van der Waals surface area contributed by atoms with E-state index in [0.29, 0.717) is 23.6 Å². The van der Waals surface area contributed by atoms with Crippen LogP contribution in [0.25, 0.3) is 0 Å². The Morgan fingerprint density at radius 3 is 2.60 bits per heavy atom. The average molecular weight is 370 g/mol. The van der Waals surface area contributed by atoms with Gasteiger partial charge in [-0.05, 0) is 30.3 Å². The fourth-order valence-corrected chi connectivity index (χ4v) is 3.02. The lowest BCUT2D eigenvalue weighted by molar-refractivity contribution is -0.130. The van der Waals surface area contributed by atoms with E-state index < -0.39 is 38.6 Å². The largest absolute Gasteiger partial charge is 0.485 e. The van der Waals surface area contributed by atoms with E-state index in [2.05, 4.69) is 0 Å². The molecule has 0 saturated heterocycles. The van der Waals surface area contributed by atoms with Crippen LogP contribution in [0.15, 0.2) is 47.4 Å². The van der Waals surface area contributed by atoms with E-state index in [1.807, 2.05) is 5.43 Å². The maximum Gasteiger partial charge on any atom is 0.279 e. The molecule has 7 nitrogen and oxygen atoms in total. The lowest BCUT2D eigenvalue weighted by atomic mass is 10.2. The first-order valence-corrected chi connectivity index (χ1v) is 8.50. The van der Waals surface area contributed by atoms with Crippen molar-refractivity contribution in [3.05, 3.63) is 54.1 Å². The van der Waals surface area contributed by atoms with Crippen LogP contribution in [-0.4, -0.2) is 27.0 Å². The fraction of sp³-hybridized carbons (Fsp3) is 0.133. The van der Waals surface area contributed by atoms with Crippen molar-refractivity contribution in [3.8, 4) is 11.5 Å². The van der Waals surface area contributed by atoms with Gasteiger partial charge in [0.1, 0.15) is 23.1 Å². The molecule has 132 valence electrons. The number of benzene rings is 2. The molecule has 3 rings (SSSR count). The summed E-state index contributed by atoms with van der Waals surface area (Å²) in [7, 11) is -4.50. The highest BCUT2D eigenvalue weighted by Crippen LogP contribution is 2.30. The van der Waals surface area contributed by atoms with Crippen molar-refractivity contribution >= 4 is 15.9 Å². The van der Waals surface area contributed by atoms with E-state index in [0.717, 1.165) is 6.07 Å².